The van der Waals surface area contributed by atoms with Crippen LogP contribution in [0.3, 0.4) is 0 Å². The Balaban J connectivity index is 2.25. The molecular weight excluding hydrogens is 368 g/mol. The number of benzene rings is 1. The van der Waals surface area contributed by atoms with Gasteiger partial charge in [-0.3, -0.25) is 0 Å². The maximum Gasteiger partial charge on any atom is 0.269 e. The lowest BCUT2D eigenvalue weighted by Crippen LogP contribution is -2.12. The fraction of sp³-hybridized carbons (Fsp3) is 0.133. The number of rotatable bonds is 3. The highest BCUT2D eigenvalue weighted by atomic mass is 79.9. The van der Waals surface area contributed by atoms with Crippen molar-refractivity contribution in [3.63, 3.8) is 0 Å². The van der Waals surface area contributed by atoms with Gasteiger partial charge in [0.2, 0.25) is 5.88 Å². The Morgan fingerprint density at radius 3 is 2.50 bits per heavy atom. The van der Waals surface area contributed by atoms with Crippen LogP contribution in [0.4, 0.5) is 0 Å². The van der Waals surface area contributed by atoms with E-state index in [1.165, 1.54) is 17.3 Å². The lowest BCUT2D eigenvalue weighted by Gasteiger charge is -2.08. The summed E-state index contributed by atoms with van der Waals surface area (Å²) in [5.41, 5.74) is 1.32. The zero-order chi connectivity index (χ0) is 15.9. The summed E-state index contributed by atoms with van der Waals surface area (Å²) in [5.74, 6) is 0.346. The molecule has 0 aliphatic heterocycles. The number of fused-ring (bicyclic) bond motifs is 1. The Morgan fingerprint density at radius 1 is 1.18 bits per heavy atom. The number of halogens is 1. The van der Waals surface area contributed by atoms with Crippen LogP contribution in [0.5, 0.6) is 5.88 Å². The number of methoxy groups -OCH3 is 1. The first-order chi connectivity index (χ1) is 10.4. The van der Waals surface area contributed by atoms with Crippen molar-refractivity contribution in [2.45, 2.75) is 11.8 Å². The van der Waals surface area contributed by atoms with E-state index in [0.29, 0.717) is 16.9 Å². The maximum absolute atomic E-state index is 12.8. The van der Waals surface area contributed by atoms with E-state index in [2.05, 4.69) is 20.9 Å². The van der Waals surface area contributed by atoms with Crippen molar-refractivity contribution in [2.75, 3.05) is 7.11 Å². The van der Waals surface area contributed by atoms with Crippen molar-refractivity contribution in [1.82, 2.24) is 8.96 Å². The number of hydrogen-bond acceptors (Lipinski definition) is 4. The molecule has 0 aliphatic rings. The van der Waals surface area contributed by atoms with Crippen LogP contribution in [0.2, 0.25) is 0 Å². The molecule has 0 amide bonds. The highest BCUT2D eigenvalue weighted by Gasteiger charge is 2.21. The number of nitrogens with zero attached hydrogens (tertiary/aromatic N) is 2. The van der Waals surface area contributed by atoms with Gasteiger partial charge < -0.3 is 4.74 Å². The van der Waals surface area contributed by atoms with Crippen molar-refractivity contribution >= 4 is 37.0 Å². The average molecular weight is 381 g/mol. The average Bonchev–Trinajstić information content (AvgIpc) is 2.92. The van der Waals surface area contributed by atoms with Gasteiger partial charge in [0.1, 0.15) is 0 Å². The number of hydrogen-bond donors (Lipinski definition) is 0. The SMILES string of the molecule is COc1cc(Br)c2ccn(S(=O)(=O)c3ccc(C)cc3)c2n1. The quantitative estimate of drug-likeness (QED) is 0.698. The summed E-state index contributed by atoms with van der Waals surface area (Å²) in [6.45, 7) is 1.91. The topological polar surface area (TPSA) is 61.2 Å². The summed E-state index contributed by atoms with van der Waals surface area (Å²) < 4.78 is 32.6. The summed E-state index contributed by atoms with van der Waals surface area (Å²) >= 11 is 3.41. The first-order valence-corrected chi connectivity index (χ1v) is 8.70. The van der Waals surface area contributed by atoms with Crippen LogP contribution in [0.1, 0.15) is 5.56 Å². The lowest BCUT2D eigenvalue weighted by atomic mass is 10.2. The van der Waals surface area contributed by atoms with Gasteiger partial charge in [0.15, 0.2) is 5.65 Å². The summed E-state index contributed by atoms with van der Waals surface area (Å²) in [6.07, 6.45) is 1.50. The number of aryl methyl sites for hydroxylation is 1. The molecule has 0 aliphatic carbocycles. The normalized spacial score (nSPS) is 11.8. The van der Waals surface area contributed by atoms with Crippen LogP contribution in [0, 0.1) is 6.92 Å². The number of pyridine rings is 1. The molecule has 2 aromatic heterocycles. The molecule has 2 heterocycles. The molecule has 0 fully saturated rings. The van der Waals surface area contributed by atoms with Gasteiger partial charge in [-0.15, -0.1) is 0 Å². The summed E-state index contributed by atoms with van der Waals surface area (Å²) in [5, 5.41) is 0.705. The molecular formula is C15H13BrN2O3S. The maximum atomic E-state index is 12.8. The highest BCUT2D eigenvalue weighted by molar-refractivity contribution is 9.10. The standard InChI is InChI=1S/C15H13BrN2O3S/c1-10-3-5-11(6-4-10)22(19,20)18-8-7-12-13(16)9-14(21-2)17-15(12)18/h3-9H,1-2H3. The predicted molar refractivity (Wildman–Crippen MR) is 87.7 cm³/mol. The molecule has 114 valence electrons. The smallest absolute Gasteiger partial charge is 0.269 e. The second-order valence-corrected chi connectivity index (χ2v) is 7.48. The van der Waals surface area contributed by atoms with Crippen molar-refractivity contribution in [3.8, 4) is 5.88 Å². The van der Waals surface area contributed by atoms with Gasteiger partial charge in [0.25, 0.3) is 10.0 Å². The molecule has 0 radical (unpaired) electrons. The van der Waals surface area contributed by atoms with Gasteiger partial charge in [-0.1, -0.05) is 17.7 Å². The summed E-state index contributed by atoms with van der Waals surface area (Å²) in [6, 6.07) is 10.1. The third-order valence-corrected chi connectivity index (χ3v) is 5.67. The van der Waals surface area contributed by atoms with E-state index in [1.54, 1.807) is 36.4 Å². The monoisotopic (exact) mass is 380 g/mol. The molecule has 0 saturated carbocycles. The zero-order valence-corrected chi connectivity index (χ0v) is 14.3. The molecule has 22 heavy (non-hydrogen) atoms. The minimum absolute atomic E-state index is 0.219. The van der Waals surface area contributed by atoms with E-state index in [1.807, 2.05) is 6.92 Å². The van der Waals surface area contributed by atoms with E-state index in [9.17, 15) is 8.42 Å². The molecule has 5 nitrogen and oxygen atoms in total. The zero-order valence-electron chi connectivity index (χ0n) is 11.9. The highest BCUT2D eigenvalue weighted by Crippen LogP contribution is 2.29. The van der Waals surface area contributed by atoms with Crippen molar-refractivity contribution in [3.05, 3.63) is 52.6 Å². The Kier molecular flexibility index (Phi) is 3.70. The molecule has 3 rings (SSSR count). The Bertz CT molecular complexity index is 947. The van der Waals surface area contributed by atoms with Crippen molar-refractivity contribution < 1.29 is 13.2 Å². The third kappa shape index (κ3) is 2.40. The molecule has 0 spiro atoms. The van der Waals surface area contributed by atoms with Gasteiger partial charge in [-0.25, -0.2) is 12.4 Å². The minimum atomic E-state index is -3.70. The summed E-state index contributed by atoms with van der Waals surface area (Å²) in [4.78, 5) is 4.47. The van der Waals surface area contributed by atoms with Gasteiger partial charge in [0.05, 0.1) is 12.0 Å². The van der Waals surface area contributed by atoms with Crippen molar-refractivity contribution in [2.24, 2.45) is 0 Å². The lowest BCUT2D eigenvalue weighted by molar-refractivity contribution is 0.399. The Hall–Kier alpha value is -1.86. The molecule has 1 aromatic carbocycles. The molecule has 0 bridgehead atoms. The van der Waals surface area contributed by atoms with Crippen LogP contribution >= 0.6 is 15.9 Å². The largest absolute Gasteiger partial charge is 0.481 e. The number of aromatic nitrogens is 2. The van der Waals surface area contributed by atoms with Crippen molar-refractivity contribution in [1.29, 1.82) is 0 Å². The molecule has 3 aromatic rings. The minimum Gasteiger partial charge on any atom is -0.481 e. The van der Waals surface area contributed by atoms with Gasteiger partial charge in [-0.2, -0.15) is 4.98 Å². The van der Waals surface area contributed by atoms with Gasteiger partial charge in [0, 0.05) is 22.1 Å². The fourth-order valence-corrected chi connectivity index (χ4v) is 3.95. The van der Waals surface area contributed by atoms with E-state index in [4.69, 9.17) is 4.74 Å². The van der Waals surface area contributed by atoms with E-state index < -0.39 is 10.0 Å². The van der Waals surface area contributed by atoms with Crippen LogP contribution < -0.4 is 4.74 Å². The predicted octanol–water partition coefficient (Wildman–Crippen LogP) is 3.35. The van der Waals surface area contributed by atoms with Crippen LogP contribution in [-0.2, 0) is 10.0 Å². The van der Waals surface area contributed by atoms with E-state index in [0.717, 1.165) is 10.0 Å². The molecule has 7 heteroatoms. The van der Waals surface area contributed by atoms with E-state index >= 15 is 0 Å². The fourth-order valence-electron chi connectivity index (χ4n) is 2.15. The van der Waals surface area contributed by atoms with Gasteiger partial charge in [-0.05, 0) is 41.1 Å². The first kappa shape index (κ1) is 15.1. The van der Waals surface area contributed by atoms with E-state index in [-0.39, 0.29) is 4.90 Å². The van der Waals surface area contributed by atoms with Gasteiger partial charge >= 0.3 is 0 Å². The third-order valence-electron chi connectivity index (χ3n) is 3.34. The second-order valence-electron chi connectivity index (χ2n) is 4.81. The van der Waals surface area contributed by atoms with Crippen LogP contribution in [-0.4, -0.2) is 24.5 Å². The molecule has 0 saturated heterocycles. The molecule has 0 atom stereocenters. The molecule has 0 unspecified atom stereocenters. The first-order valence-electron chi connectivity index (χ1n) is 6.47. The Labute approximate surface area is 136 Å². The summed E-state index contributed by atoms with van der Waals surface area (Å²) in [7, 11) is -2.21. The van der Waals surface area contributed by atoms with Crippen LogP contribution in [0.25, 0.3) is 11.0 Å². The number of ether oxygens (including phenoxy) is 1. The Morgan fingerprint density at radius 2 is 1.86 bits per heavy atom. The second kappa shape index (κ2) is 5.40. The molecule has 0 N–H and O–H groups in total. The van der Waals surface area contributed by atoms with Crippen LogP contribution in [0.15, 0.2) is 52.0 Å².